The first-order chi connectivity index (χ1) is 13.7. The number of hydrogen-bond acceptors (Lipinski definition) is 4. The topological polar surface area (TPSA) is 76.5 Å². The predicted molar refractivity (Wildman–Crippen MR) is 106 cm³/mol. The van der Waals surface area contributed by atoms with E-state index in [4.69, 9.17) is 4.74 Å². The minimum Gasteiger partial charge on any atom is -0.497 e. The highest BCUT2D eigenvalue weighted by atomic mass is 16.5. The number of nitrogens with one attached hydrogen (secondary N) is 1. The van der Waals surface area contributed by atoms with Crippen LogP contribution in [0.5, 0.6) is 5.75 Å². The third kappa shape index (κ3) is 2.70. The fourth-order valence-corrected chi connectivity index (χ4v) is 3.82. The van der Waals surface area contributed by atoms with Crippen LogP contribution in [0.3, 0.4) is 0 Å². The van der Waals surface area contributed by atoms with E-state index in [9.17, 15) is 9.59 Å². The molecule has 2 heterocycles. The van der Waals surface area contributed by atoms with Gasteiger partial charge in [0.25, 0.3) is 5.91 Å². The number of anilines is 2. The second-order valence-corrected chi connectivity index (χ2v) is 7.21. The van der Waals surface area contributed by atoms with Crippen molar-refractivity contribution < 1.29 is 14.3 Å². The van der Waals surface area contributed by atoms with Gasteiger partial charge in [-0.3, -0.25) is 19.1 Å². The van der Waals surface area contributed by atoms with Gasteiger partial charge in [0.2, 0.25) is 11.9 Å². The molecule has 2 amide bonds. The highest BCUT2D eigenvalue weighted by Crippen LogP contribution is 2.42. The number of rotatable bonds is 5. The first-order valence-electron chi connectivity index (χ1n) is 9.39. The Hall–Kier alpha value is -3.35. The number of para-hydroxylation sites is 2. The van der Waals surface area contributed by atoms with Crippen molar-refractivity contribution in [3.05, 3.63) is 48.5 Å². The van der Waals surface area contributed by atoms with E-state index in [-0.39, 0.29) is 24.3 Å². The molecule has 0 spiro atoms. The fourth-order valence-electron chi connectivity index (χ4n) is 3.82. The van der Waals surface area contributed by atoms with E-state index in [1.165, 1.54) is 0 Å². The summed E-state index contributed by atoms with van der Waals surface area (Å²) in [5, 5.41) is 2.87. The second kappa shape index (κ2) is 6.37. The molecule has 0 radical (unpaired) electrons. The Labute approximate surface area is 161 Å². The summed E-state index contributed by atoms with van der Waals surface area (Å²) in [6.07, 6.45) is 2.03. The van der Waals surface area contributed by atoms with Crippen LogP contribution in [0.15, 0.2) is 48.5 Å². The van der Waals surface area contributed by atoms with Gasteiger partial charge in [0.05, 0.1) is 24.6 Å². The third-order valence-corrected chi connectivity index (χ3v) is 5.27. The monoisotopic (exact) mass is 376 g/mol. The van der Waals surface area contributed by atoms with Crippen molar-refractivity contribution in [1.29, 1.82) is 0 Å². The lowest BCUT2D eigenvalue weighted by Gasteiger charge is -2.15. The fraction of sp³-hybridized carbons (Fsp3) is 0.286. The number of aromatic nitrogens is 2. The van der Waals surface area contributed by atoms with Crippen LogP contribution in [0.2, 0.25) is 0 Å². The molecule has 2 aliphatic rings. The molecule has 1 aliphatic heterocycles. The van der Waals surface area contributed by atoms with Crippen molar-refractivity contribution in [3.63, 3.8) is 0 Å². The summed E-state index contributed by atoms with van der Waals surface area (Å²) in [4.78, 5) is 32.3. The summed E-state index contributed by atoms with van der Waals surface area (Å²) in [6, 6.07) is 14.5. The largest absolute Gasteiger partial charge is 0.497 e. The Morgan fingerprint density at radius 2 is 2.04 bits per heavy atom. The third-order valence-electron chi connectivity index (χ3n) is 5.27. The SMILES string of the molecule is COc1cccc(NC(=O)C[C@@H]2C(=O)N(C3CC3)c3nc4ccccc4n32)c1. The van der Waals surface area contributed by atoms with Gasteiger partial charge in [-0.1, -0.05) is 18.2 Å². The number of benzene rings is 2. The normalized spacial score (nSPS) is 18.4. The first kappa shape index (κ1) is 16.8. The maximum absolute atomic E-state index is 13.1. The molecule has 1 aliphatic carbocycles. The molecule has 7 nitrogen and oxygen atoms in total. The number of hydrogen-bond donors (Lipinski definition) is 1. The van der Waals surface area contributed by atoms with Gasteiger partial charge in [0.15, 0.2) is 0 Å². The van der Waals surface area contributed by atoms with Crippen LogP contribution in [0.25, 0.3) is 11.0 Å². The van der Waals surface area contributed by atoms with Crippen molar-refractivity contribution in [2.75, 3.05) is 17.3 Å². The summed E-state index contributed by atoms with van der Waals surface area (Å²) >= 11 is 0. The summed E-state index contributed by atoms with van der Waals surface area (Å²) < 4.78 is 7.11. The number of fused-ring (bicyclic) bond motifs is 3. The zero-order chi connectivity index (χ0) is 19.3. The van der Waals surface area contributed by atoms with Gasteiger partial charge < -0.3 is 10.1 Å². The Morgan fingerprint density at radius 1 is 1.21 bits per heavy atom. The molecular formula is C21H20N4O3. The van der Waals surface area contributed by atoms with Gasteiger partial charge in [-0.25, -0.2) is 4.98 Å². The van der Waals surface area contributed by atoms with Crippen molar-refractivity contribution in [3.8, 4) is 5.75 Å². The molecule has 1 aromatic heterocycles. The molecule has 28 heavy (non-hydrogen) atoms. The Balaban J connectivity index is 1.45. The Bertz CT molecular complexity index is 1090. The van der Waals surface area contributed by atoms with Crippen LogP contribution in [0, 0.1) is 0 Å². The van der Waals surface area contributed by atoms with Crippen molar-refractivity contribution in [2.45, 2.75) is 31.3 Å². The lowest BCUT2D eigenvalue weighted by Crippen LogP contribution is -2.33. The maximum Gasteiger partial charge on any atom is 0.253 e. The molecule has 5 rings (SSSR count). The summed E-state index contributed by atoms with van der Waals surface area (Å²) in [5.74, 6) is 1.06. The average molecular weight is 376 g/mol. The van der Waals surface area contributed by atoms with Crippen LogP contribution in [-0.4, -0.2) is 34.5 Å². The van der Waals surface area contributed by atoms with Gasteiger partial charge in [-0.15, -0.1) is 0 Å². The summed E-state index contributed by atoms with van der Waals surface area (Å²) in [6.45, 7) is 0. The molecule has 1 fully saturated rings. The Kier molecular flexibility index (Phi) is 3.82. The van der Waals surface area contributed by atoms with E-state index in [1.807, 2.05) is 41.0 Å². The number of carbonyl (C=O) groups excluding carboxylic acids is 2. The van der Waals surface area contributed by atoms with Crippen molar-refractivity contribution >= 4 is 34.5 Å². The molecular weight excluding hydrogens is 356 g/mol. The molecule has 0 bridgehead atoms. The maximum atomic E-state index is 13.1. The predicted octanol–water partition coefficient (Wildman–Crippen LogP) is 3.12. The summed E-state index contributed by atoms with van der Waals surface area (Å²) in [7, 11) is 1.58. The van der Waals surface area contributed by atoms with E-state index in [0.717, 1.165) is 23.9 Å². The molecule has 1 N–H and O–H groups in total. The minimum absolute atomic E-state index is 0.0449. The van der Waals surface area contributed by atoms with Crippen LogP contribution < -0.4 is 15.0 Å². The van der Waals surface area contributed by atoms with E-state index >= 15 is 0 Å². The van der Waals surface area contributed by atoms with Crippen molar-refractivity contribution in [2.24, 2.45) is 0 Å². The van der Waals surface area contributed by atoms with E-state index < -0.39 is 6.04 Å². The number of methoxy groups -OCH3 is 1. The first-order valence-corrected chi connectivity index (χ1v) is 9.39. The number of amides is 2. The van der Waals surface area contributed by atoms with E-state index in [0.29, 0.717) is 17.4 Å². The average Bonchev–Trinajstić information content (AvgIpc) is 3.41. The molecule has 1 atom stereocenters. The number of imidazole rings is 1. The smallest absolute Gasteiger partial charge is 0.253 e. The number of nitrogens with zero attached hydrogens (tertiary/aromatic N) is 3. The van der Waals surface area contributed by atoms with Crippen molar-refractivity contribution in [1.82, 2.24) is 9.55 Å². The zero-order valence-electron chi connectivity index (χ0n) is 15.5. The molecule has 3 aromatic rings. The van der Waals surface area contributed by atoms with Gasteiger partial charge in [-0.05, 0) is 37.1 Å². The zero-order valence-corrected chi connectivity index (χ0v) is 15.5. The van der Waals surface area contributed by atoms with Gasteiger partial charge in [0, 0.05) is 17.8 Å². The molecule has 0 unspecified atom stereocenters. The van der Waals surface area contributed by atoms with E-state index in [1.54, 1.807) is 24.1 Å². The highest BCUT2D eigenvalue weighted by Gasteiger charge is 2.47. The van der Waals surface area contributed by atoms with Crippen LogP contribution in [0.4, 0.5) is 11.6 Å². The lowest BCUT2D eigenvalue weighted by atomic mass is 10.1. The quantitative estimate of drug-likeness (QED) is 0.742. The van der Waals surface area contributed by atoms with Gasteiger partial charge in [-0.2, -0.15) is 0 Å². The number of ether oxygens (including phenoxy) is 1. The molecule has 1 saturated carbocycles. The summed E-state index contributed by atoms with van der Waals surface area (Å²) in [5.41, 5.74) is 2.37. The van der Waals surface area contributed by atoms with Gasteiger partial charge >= 0.3 is 0 Å². The Morgan fingerprint density at radius 3 is 2.82 bits per heavy atom. The van der Waals surface area contributed by atoms with Gasteiger partial charge in [0.1, 0.15) is 11.8 Å². The highest BCUT2D eigenvalue weighted by molar-refractivity contribution is 6.05. The van der Waals surface area contributed by atoms with Crippen LogP contribution in [-0.2, 0) is 9.59 Å². The minimum atomic E-state index is -0.575. The molecule has 142 valence electrons. The van der Waals surface area contributed by atoms with E-state index in [2.05, 4.69) is 10.3 Å². The second-order valence-electron chi connectivity index (χ2n) is 7.21. The van der Waals surface area contributed by atoms with Crippen LogP contribution in [0.1, 0.15) is 25.3 Å². The molecule has 0 saturated heterocycles. The number of carbonyl (C=O) groups is 2. The lowest BCUT2D eigenvalue weighted by molar-refractivity contribution is -0.124. The molecule has 7 heteroatoms. The standard InChI is InChI=1S/C21H20N4O3/c1-28-15-6-4-5-13(11-15)22-19(26)12-18-20(27)24(14-9-10-14)21-23-16-7-2-3-8-17(16)25(18)21/h2-8,11,14,18H,9-10,12H2,1H3,(H,22,26)/t18-/m1/s1. The molecule has 2 aromatic carbocycles. The van der Waals surface area contributed by atoms with Crippen LogP contribution >= 0.6 is 0 Å².